The molecule has 1 aromatic heterocycles. The minimum absolute atomic E-state index is 0.239. The molecule has 0 aliphatic rings. The quantitative estimate of drug-likeness (QED) is 0.533. The van der Waals surface area contributed by atoms with Crippen LogP contribution >= 0.6 is 11.6 Å². The summed E-state index contributed by atoms with van der Waals surface area (Å²) in [5, 5.41) is 0.980. The van der Waals surface area contributed by atoms with Gasteiger partial charge in [0.2, 0.25) is 0 Å². The molecule has 6 heteroatoms. The SMILES string of the molecule is COC(=O)COc1cc2oc(=O)cc(-c3ccccc3)c2cc1Cl. The van der Waals surface area contributed by atoms with Crippen LogP contribution in [0.1, 0.15) is 0 Å². The molecular weight excluding hydrogens is 332 g/mol. The Balaban J connectivity index is 2.11. The van der Waals surface area contributed by atoms with Gasteiger partial charge in [0.05, 0.1) is 12.1 Å². The number of carbonyl (C=O) groups is 1. The molecule has 0 amide bonds. The summed E-state index contributed by atoms with van der Waals surface area (Å²) in [6.07, 6.45) is 0. The number of fused-ring (bicyclic) bond motifs is 1. The Morgan fingerprint density at radius 3 is 2.62 bits per heavy atom. The van der Waals surface area contributed by atoms with E-state index in [1.165, 1.54) is 19.2 Å². The number of carbonyl (C=O) groups excluding carboxylic acids is 1. The lowest BCUT2D eigenvalue weighted by Gasteiger charge is -2.10. The predicted octanol–water partition coefficient (Wildman–Crippen LogP) is 3.67. The average Bonchev–Trinajstić information content (AvgIpc) is 2.60. The van der Waals surface area contributed by atoms with Gasteiger partial charge in [0.25, 0.3) is 0 Å². The molecule has 0 unspecified atom stereocenters. The van der Waals surface area contributed by atoms with E-state index in [1.54, 1.807) is 6.07 Å². The third-order valence-electron chi connectivity index (χ3n) is 3.45. The normalized spacial score (nSPS) is 10.6. The summed E-state index contributed by atoms with van der Waals surface area (Å²) in [6, 6.07) is 14.0. The molecular formula is C18H13ClO5. The number of rotatable bonds is 4. The molecule has 122 valence electrons. The number of benzene rings is 2. The highest BCUT2D eigenvalue weighted by atomic mass is 35.5. The monoisotopic (exact) mass is 344 g/mol. The molecule has 0 spiro atoms. The van der Waals surface area contributed by atoms with Gasteiger partial charge in [0, 0.05) is 17.5 Å². The van der Waals surface area contributed by atoms with Crippen LogP contribution in [-0.2, 0) is 9.53 Å². The number of esters is 1. The van der Waals surface area contributed by atoms with Gasteiger partial charge < -0.3 is 13.9 Å². The fourth-order valence-corrected chi connectivity index (χ4v) is 2.54. The van der Waals surface area contributed by atoms with Gasteiger partial charge in [-0.25, -0.2) is 9.59 Å². The summed E-state index contributed by atoms with van der Waals surface area (Å²) in [5.74, 6) is -0.298. The van der Waals surface area contributed by atoms with Crippen LogP contribution in [-0.4, -0.2) is 19.7 Å². The van der Waals surface area contributed by atoms with Gasteiger partial charge in [0.1, 0.15) is 11.3 Å². The van der Waals surface area contributed by atoms with Gasteiger partial charge in [-0.15, -0.1) is 0 Å². The Hall–Kier alpha value is -2.79. The minimum Gasteiger partial charge on any atom is -0.480 e. The van der Waals surface area contributed by atoms with Gasteiger partial charge >= 0.3 is 11.6 Å². The highest BCUT2D eigenvalue weighted by Crippen LogP contribution is 2.34. The minimum atomic E-state index is -0.536. The third kappa shape index (κ3) is 3.26. The second kappa shape index (κ2) is 6.76. The second-order valence-electron chi connectivity index (χ2n) is 4.99. The van der Waals surface area contributed by atoms with Crippen molar-refractivity contribution >= 4 is 28.5 Å². The van der Waals surface area contributed by atoms with Crippen molar-refractivity contribution in [1.29, 1.82) is 0 Å². The summed E-state index contributed by atoms with van der Waals surface area (Å²) in [4.78, 5) is 23.1. The lowest BCUT2D eigenvalue weighted by molar-refractivity contribution is -0.142. The first-order valence-electron chi connectivity index (χ1n) is 7.11. The smallest absolute Gasteiger partial charge is 0.343 e. The topological polar surface area (TPSA) is 65.7 Å². The maximum Gasteiger partial charge on any atom is 0.343 e. The van der Waals surface area contributed by atoms with Gasteiger partial charge in [-0.05, 0) is 17.2 Å². The molecule has 0 N–H and O–H groups in total. The van der Waals surface area contributed by atoms with Crippen molar-refractivity contribution in [2.45, 2.75) is 0 Å². The fraction of sp³-hybridized carbons (Fsp3) is 0.111. The van der Waals surface area contributed by atoms with Crippen LogP contribution < -0.4 is 10.4 Å². The number of hydrogen-bond acceptors (Lipinski definition) is 5. The molecule has 0 aliphatic carbocycles. The van der Waals surface area contributed by atoms with Crippen molar-refractivity contribution in [3.05, 3.63) is 64.0 Å². The second-order valence-corrected chi connectivity index (χ2v) is 5.40. The molecule has 2 aromatic carbocycles. The van der Waals surface area contributed by atoms with Crippen molar-refractivity contribution in [3.8, 4) is 16.9 Å². The maximum atomic E-state index is 11.9. The van der Waals surface area contributed by atoms with E-state index in [0.717, 1.165) is 5.56 Å². The summed E-state index contributed by atoms with van der Waals surface area (Å²) < 4.78 is 15.1. The number of halogens is 1. The van der Waals surface area contributed by atoms with E-state index in [1.807, 2.05) is 30.3 Å². The third-order valence-corrected chi connectivity index (χ3v) is 3.75. The van der Waals surface area contributed by atoms with Gasteiger partial charge in [0.15, 0.2) is 6.61 Å². The highest BCUT2D eigenvalue weighted by molar-refractivity contribution is 6.33. The Labute approximate surface area is 142 Å². The van der Waals surface area contributed by atoms with Crippen LogP contribution in [0.2, 0.25) is 5.02 Å². The van der Waals surface area contributed by atoms with Crippen LogP contribution in [0.5, 0.6) is 5.75 Å². The summed E-state index contributed by atoms with van der Waals surface area (Å²) >= 11 is 6.23. The van der Waals surface area contributed by atoms with E-state index < -0.39 is 11.6 Å². The molecule has 0 bridgehead atoms. The van der Waals surface area contributed by atoms with Crippen LogP contribution in [0.3, 0.4) is 0 Å². The molecule has 0 radical (unpaired) electrons. The van der Waals surface area contributed by atoms with Crippen LogP contribution in [0.25, 0.3) is 22.1 Å². The van der Waals surface area contributed by atoms with Gasteiger partial charge in [-0.3, -0.25) is 0 Å². The first-order chi connectivity index (χ1) is 11.6. The standard InChI is InChI=1S/C18H13ClO5/c1-22-18(21)10-23-16-9-15-13(7-14(16)19)12(8-17(20)24-15)11-5-3-2-4-6-11/h2-9H,10H2,1H3. The van der Waals surface area contributed by atoms with E-state index >= 15 is 0 Å². The molecule has 5 nitrogen and oxygen atoms in total. The Morgan fingerprint density at radius 2 is 1.92 bits per heavy atom. The number of methoxy groups -OCH3 is 1. The average molecular weight is 345 g/mol. The van der Waals surface area contributed by atoms with Crippen molar-refractivity contribution in [1.82, 2.24) is 0 Å². The van der Waals surface area contributed by atoms with E-state index in [2.05, 4.69) is 4.74 Å². The molecule has 1 heterocycles. The maximum absolute atomic E-state index is 11.9. The fourth-order valence-electron chi connectivity index (χ4n) is 2.33. The van der Waals surface area contributed by atoms with Crippen molar-refractivity contribution < 1.29 is 18.7 Å². The van der Waals surface area contributed by atoms with E-state index in [4.69, 9.17) is 20.8 Å². The zero-order valence-electron chi connectivity index (χ0n) is 12.7. The zero-order chi connectivity index (χ0) is 17.1. The van der Waals surface area contributed by atoms with E-state index in [-0.39, 0.29) is 12.4 Å². The molecule has 3 aromatic rings. The van der Waals surface area contributed by atoms with Crippen LogP contribution in [0.15, 0.2) is 57.7 Å². The van der Waals surface area contributed by atoms with E-state index in [9.17, 15) is 9.59 Å². The molecule has 24 heavy (non-hydrogen) atoms. The lowest BCUT2D eigenvalue weighted by atomic mass is 10.0. The molecule has 3 rings (SSSR count). The first kappa shape index (κ1) is 16.1. The zero-order valence-corrected chi connectivity index (χ0v) is 13.5. The summed E-state index contributed by atoms with van der Waals surface area (Å²) in [5.41, 5.74) is 1.42. The predicted molar refractivity (Wildman–Crippen MR) is 90.4 cm³/mol. The molecule has 0 aliphatic heterocycles. The first-order valence-corrected chi connectivity index (χ1v) is 7.48. The van der Waals surface area contributed by atoms with Crippen molar-refractivity contribution in [2.75, 3.05) is 13.7 Å². The van der Waals surface area contributed by atoms with Crippen LogP contribution in [0.4, 0.5) is 0 Å². The lowest BCUT2D eigenvalue weighted by Crippen LogP contribution is -2.12. The van der Waals surface area contributed by atoms with Crippen molar-refractivity contribution in [3.63, 3.8) is 0 Å². The number of hydrogen-bond donors (Lipinski definition) is 0. The van der Waals surface area contributed by atoms with Gasteiger partial charge in [-0.2, -0.15) is 0 Å². The van der Waals surface area contributed by atoms with E-state index in [0.29, 0.717) is 21.6 Å². The van der Waals surface area contributed by atoms with Gasteiger partial charge in [-0.1, -0.05) is 41.9 Å². The van der Waals surface area contributed by atoms with Crippen LogP contribution in [0, 0.1) is 0 Å². The Morgan fingerprint density at radius 1 is 1.17 bits per heavy atom. The Kier molecular flexibility index (Phi) is 4.53. The van der Waals surface area contributed by atoms with Crippen molar-refractivity contribution in [2.24, 2.45) is 0 Å². The molecule has 0 saturated carbocycles. The molecule has 0 atom stereocenters. The molecule has 0 fully saturated rings. The number of ether oxygens (including phenoxy) is 2. The summed E-state index contributed by atoms with van der Waals surface area (Å²) in [7, 11) is 1.26. The Bertz CT molecular complexity index is 947. The summed E-state index contributed by atoms with van der Waals surface area (Å²) in [6.45, 7) is -0.287. The molecule has 0 saturated heterocycles. The largest absolute Gasteiger partial charge is 0.480 e. The highest BCUT2D eigenvalue weighted by Gasteiger charge is 2.13.